The van der Waals surface area contributed by atoms with Gasteiger partial charge in [0.25, 0.3) is 0 Å². The van der Waals surface area contributed by atoms with Crippen LogP contribution >= 0.6 is 0 Å². The lowest BCUT2D eigenvalue weighted by molar-refractivity contribution is 0.625. The highest BCUT2D eigenvalue weighted by Crippen LogP contribution is 2.25. The Kier molecular flexibility index (Phi) is 5.51. The predicted molar refractivity (Wildman–Crippen MR) is 87.8 cm³/mol. The molecule has 0 heterocycles. The summed E-state index contributed by atoms with van der Waals surface area (Å²) in [6.07, 6.45) is 1.02. The van der Waals surface area contributed by atoms with Gasteiger partial charge in [-0.05, 0) is 41.6 Å². The van der Waals surface area contributed by atoms with Crippen molar-refractivity contribution in [2.75, 3.05) is 6.54 Å². The van der Waals surface area contributed by atoms with Crippen molar-refractivity contribution >= 4 is 0 Å². The number of rotatable bonds is 6. The molecule has 2 heteroatoms. The number of nitrogens with one attached hydrogen (secondary N) is 1. The van der Waals surface area contributed by atoms with Gasteiger partial charge in [-0.1, -0.05) is 57.2 Å². The SMILES string of the molecule is CCNCc1ccc(-c2cccc(CC(C)C)c2)c(F)c1. The molecule has 0 aliphatic heterocycles. The van der Waals surface area contributed by atoms with Crippen molar-refractivity contribution in [1.82, 2.24) is 5.32 Å². The highest BCUT2D eigenvalue weighted by molar-refractivity contribution is 5.65. The minimum absolute atomic E-state index is 0.146. The third-order valence-corrected chi connectivity index (χ3v) is 3.49. The predicted octanol–water partition coefficient (Wildman–Crippen LogP) is 4.80. The molecule has 0 aliphatic rings. The summed E-state index contributed by atoms with van der Waals surface area (Å²) >= 11 is 0. The molecule has 0 aromatic heterocycles. The van der Waals surface area contributed by atoms with Gasteiger partial charge >= 0.3 is 0 Å². The second-order valence-electron chi connectivity index (χ2n) is 5.89. The first-order valence-corrected chi connectivity index (χ1v) is 7.68. The van der Waals surface area contributed by atoms with Gasteiger partial charge < -0.3 is 5.32 Å². The van der Waals surface area contributed by atoms with E-state index in [4.69, 9.17) is 0 Å². The van der Waals surface area contributed by atoms with Crippen LogP contribution in [0.5, 0.6) is 0 Å². The second kappa shape index (κ2) is 7.37. The van der Waals surface area contributed by atoms with Crippen molar-refractivity contribution in [3.8, 4) is 11.1 Å². The average Bonchev–Trinajstić information content (AvgIpc) is 2.44. The zero-order valence-corrected chi connectivity index (χ0v) is 13.1. The lowest BCUT2D eigenvalue weighted by Crippen LogP contribution is -2.11. The molecule has 0 fully saturated rings. The van der Waals surface area contributed by atoms with Crippen molar-refractivity contribution in [1.29, 1.82) is 0 Å². The van der Waals surface area contributed by atoms with E-state index >= 15 is 0 Å². The quantitative estimate of drug-likeness (QED) is 0.804. The molecule has 2 aromatic carbocycles. The van der Waals surface area contributed by atoms with Crippen LogP contribution in [0.25, 0.3) is 11.1 Å². The molecular weight excluding hydrogens is 261 g/mol. The molecular formula is C19H24FN. The molecule has 21 heavy (non-hydrogen) atoms. The molecule has 1 N–H and O–H groups in total. The maximum Gasteiger partial charge on any atom is 0.131 e. The largest absolute Gasteiger partial charge is 0.313 e. The summed E-state index contributed by atoms with van der Waals surface area (Å²) in [4.78, 5) is 0. The highest BCUT2D eigenvalue weighted by atomic mass is 19.1. The molecule has 0 saturated carbocycles. The van der Waals surface area contributed by atoms with Crippen LogP contribution in [-0.4, -0.2) is 6.54 Å². The van der Waals surface area contributed by atoms with Crippen molar-refractivity contribution < 1.29 is 4.39 Å². The molecule has 0 spiro atoms. The van der Waals surface area contributed by atoms with Gasteiger partial charge in [-0.15, -0.1) is 0 Å². The Hall–Kier alpha value is -1.67. The third kappa shape index (κ3) is 4.40. The van der Waals surface area contributed by atoms with Crippen molar-refractivity contribution in [3.63, 3.8) is 0 Å². The lowest BCUT2D eigenvalue weighted by Gasteiger charge is -2.10. The molecule has 2 rings (SSSR count). The summed E-state index contributed by atoms with van der Waals surface area (Å²) in [5, 5.41) is 3.22. The third-order valence-electron chi connectivity index (χ3n) is 3.49. The fraction of sp³-hybridized carbons (Fsp3) is 0.368. The van der Waals surface area contributed by atoms with E-state index in [2.05, 4.69) is 31.3 Å². The summed E-state index contributed by atoms with van der Waals surface area (Å²) in [5.74, 6) is 0.458. The van der Waals surface area contributed by atoms with Crippen molar-refractivity contribution in [2.24, 2.45) is 5.92 Å². The van der Waals surface area contributed by atoms with Crippen LogP contribution in [-0.2, 0) is 13.0 Å². The van der Waals surface area contributed by atoms with E-state index in [1.165, 1.54) is 5.56 Å². The van der Waals surface area contributed by atoms with E-state index in [1.54, 1.807) is 6.07 Å². The summed E-state index contributed by atoms with van der Waals surface area (Å²) in [6, 6.07) is 13.7. The molecule has 0 aliphatic carbocycles. The van der Waals surface area contributed by atoms with Crippen LogP contribution in [0.2, 0.25) is 0 Å². The van der Waals surface area contributed by atoms with Gasteiger partial charge in [0.2, 0.25) is 0 Å². The first-order chi connectivity index (χ1) is 10.1. The van der Waals surface area contributed by atoms with E-state index in [0.717, 1.165) is 24.1 Å². The molecule has 0 amide bonds. The van der Waals surface area contributed by atoms with Crippen molar-refractivity contribution in [3.05, 3.63) is 59.4 Å². The Morgan fingerprint density at radius 3 is 2.52 bits per heavy atom. The van der Waals surface area contributed by atoms with Crippen LogP contribution < -0.4 is 5.32 Å². The average molecular weight is 285 g/mol. The fourth-order valence-electron chi connectivity index (χ4n) is 2.51. The first kappa shape index (κ1) is 15.7. The van der Waals surface area contributed by atoms with Crippen molar-refractivity contribution in [2.45, 2.75) is 33.7 Å². The molecule has 0 saturated heterocycles. The Morgan fingerprint density at radius 1 is 1.05 bits per heavy atom. The lowest BCUT2D eigenvalue weighted by atomic mass is 9.97. The van der Waals surface area contributed by atoms with Gasteiger partial charge in [-0.2, -0.15) is 0 Å². The van der Waals surface area contributed by atoms with Gasteiger partial charge in [0, 0.05) is 12.1 Å². The van der Waals surface area contributed by atoms with Gasteiger partial charge in [-0.25, -0.2) is 4.39 Å². The summed E-state index contributed by atoms with van der Waals surface area (Å²) < 4.78 is 14.3. The smallest absolute Gasteiger partial charge is 0.131 e. The van der Waals surface area contributed by atoms with Crippen LogP contribution in [0.3, 0.4) is 0 Å². The van der Waals surface area contributed by atoms with E-state index < -0.39 is 0 Å². The maximum absolute atomic E-state index is 14.3. The molecule has 112 valence electrons. The number of hydrogen-bond acceptors (Lipinski definition) is 1. The monoisotopic (exact) mass is 285 g/mol. The van der Waals surface area contributed by atoms with E-state index in [9.17, 15) is 4.39 Å². The zero-order chi connectivity index (χ0) is 15.2. The summed E-state index contributed by atoms with van der Waals surface area (Å²) in [5.41, 5.74) is 3.89. The summed E-state index contributed by atoms with van der Waals surface area (Å²) in [6.45, 7) is 8.04. The van der Waals surface area contributed by atoms with Crippen LogP contribution in [0.4, 0.5) is 4.39 Å². The molecule has 0 unspecified atom stereocenters. The molecule has 0 bridgehead atoms. The van der Waals surface area contributed by atoms with Crippen LogP contribution in [0.15, 0.2) is 42.5 Å². The Bertz CT molecular complexity index is 590. The molecule has 0 atom stereocenters. The Labute approximate surface area is 127 Å². The van der Waals surface area contributed by atoms with E-state index in [1.807, 2.05) is 31.2 Å². The van der Waals surface area contributed by atoms with Gasteiger partial charge in [0.05, 0.1) is 0 Å². The van der Waals surface area contributed by atoms with Gasteiger partial charge in [0.15, 0.2) is 0 Å². The number of halogens is 1. The first-order valence-electron chi connectivity index (χ1n) is 7.68. The standard InChI is InChI=1S/C19H24FN/c1-4-21-13-16-8-9-18(19(20)12-16)17-7-5-6-15(11-17)10-14(2)3/h5-9,11-12,14,21H,4,10,13H2,1-3H3. The maximum atomic E-state index is 14.3. The number of hydrogen-bond donors (Lipinski definition) is 1. The second-order valence-corrected chi connectivity index (χ2v) is 5.89. The van der Waals surface area contributed by atoms with Gasteiger partial charge in [0.1, 0.15) is 5.82 Å². The fourth-order valence-corrected chi connectivity index (χ4v) is 2.51. The Balaban J connectivity index is 2.25. The zero-order valence-electron chi connectivity index (χ0n) is 13.1. The van der Waals surface area contributed by atoms with Gasteiger partial charge in [-0.3, -0.25) is 0 Å². The molecule has 0 radical (unpaired) electrons. The summed E-state index contributed by atoms with van der Waals surface area (Å²) in [7, 11) is 0. The highest BCUT2D eigenvalue weighted by Gasteiger charge is 2.07. The van der Waals surface area contributed by atoms with Crippen LogP contribution in [0, 0.1) is 11.7 Å². The van der Waals surface area contributed by atoms with Crippen LogP contribution in [0.1, 0.15) is 31.9 Å². The number of benzene rings is 2. The topological polar surface area (TPSA) is 12.0 Å². The minimum atomic E-state index is -0.146. The Morgan fingerprint density at radius 2 is 1.86 bits per heavy atom. The minimum Gasteiger partial charge on any atom is -0.313 e. The molecule has 1 nitrogen and oxygen atoms in total. The normalized spacial score (nSPS) is 11.1. The molecule has 2 aromatic rings. The van der Waals surface area contributed by atoms with E-state index in [0.29, 0.717) is 18.0 Å². The van der Waals surface area contributed by atoms with E-state index in [-0.39, 0.29) is 5.82 Å².